The van der Waals surface area contributed by atoms with Crippen molar-refractivity contribution in [1.29, 1.82) is 0 Å². The first kappa shape index (κ1) is 21.2. The van der Waals surface area contributed by atoms with Gasteiger partial charge >= 0.3 is 0 Å². The average molecular weight is 444 g/mol. The number of sulfonamides is 1. The third kappa shape index (κ3) is 4.50. The molecule has 1 fully saturated rings. The number of hydrogen-bond acceptors (Lipinski definition) is 5. The van der Waals surface area contributed by atoms with Crippen LogP contribution in [0.4, 0.5) is 10.1 Å². The van der Waals surface area contributed by atoms with E-state index < -0.39 is 21.7 Å². The van der Waals surface area contributed by atoms with Crippen molar-refractivity contribution in [1.82, 2.24) is 14.1 Å². The van der Waals surface area contributed by atoms with Crippen LogP contribution >= 0.6 is 0 Å². The van der Waals surface area contributed by atoms with E-state index in [1.807, 2.05) is 0 Å². The highest BCUT2D eigenvalue weighted by molar-refractivity contribution is 7.89. The molecule has 0 radical (unpaired) electrons. The van der Waals surface area contributed by atoms with Crippen LogP contribution in [0.2, 0.25) is 0 Å². The summed E-state index contributed by atoms with van der Waals surface area (Å²) < 4.78 is 47.2. The summed E-state index contributed by atoms with van der Waals surface area (Å²) in [6.45, 7) is 3.04. The zero-order chi connectivity index (χ0) is 22.0. The number of morpholine rings is 1. The van der Waals surface area contributed by atoms with Crippen molar-refractivity contribution in [2.45, 2.75) is 11.8 Å². The summed E-state index contributed by atoms with van der Waals surface area (Å²) >= 11 is 0. The highest BCUT2D eigenvalue weighted by atomic mass is 32.2. The lowest BCUT2D eigenvalue weighted by atomic mass is 10.2. The Kier molecular flexibility index (Phi) is 5.86. The Hall–Kier alpha value is -3.08. The molecule has 8 nitrogen and oxygen atoms in total. The van der Waals surface area contributed by atoms with Crippen LogP contribution in [0.1, 0.15) is 16.1 Å². The van der Waals surface area contributed by atoms with Crippen LogP contribution in [-0.2, 0) is 14.8 Å². The number of nitrogens with one attached hydrogen (secondary N) is 1. The van der Waals surface area contributed by atoms with E-state index >= 15 is 0 Å². The van der Waals surface area contributed by atoms with Gasteiger partial charge in [0.1, 0.15) is 5.82 Å². The second-order valence-electron chi connectivity index (χ2n) is 7.07. The van der Waals surface area contributed by atoms with E-state index in [1.165, 1.54) is 39.3 Å². The molecule has 31 heavy (non-hydrogen) atoms. The van der Waals surface area contributed by atoms with Crippen LogP contribution in [0.3, 0.4) is 0 Å². The molecule has 3 aromatic rings. The molecule has 0 spiro atoms. The van der Waals surface area contributed by atoms with Gasteiger partial charge in [-0.15, -0.1) is 0 Å². The molecule has 0 aliphatic carbocycles. The van der Waals surface area contributed by atoms with Crippen molar-refractivity contribution in [2.75, 3.05) is 31.6 Å². The fourth-order valence-corrected chi connectivity index (χ4v) is 4.66. The van der Waals surface area contributed by atoms with Crippen LogP contribution in [-0.4, -0.2) is 54.7 Å². The van der Waals surface area contributed by atoms with Gasteiger partial charge < -0.3 is 10.1 Å². The fourth-order valence-electron chi connectivity index (χ4n) is 3.23. The number of nitrogens with zero attached hydrogens (tertiary/aromatic N) is 3. The van der Waals surface area contributed by atoms with Gasteiger partial charge in [-0.3, -0.25) is 4.79 Å². The Bertz CT molecular complexity index is 1220. The minimum absolute atomic E-state index is 0.0978. The van der Waals surface area contributed by atoms with Crippen LogP contribution < -0.4 is 5.32 Å². The smallest absolute Gasteiger partial charge is 0.276 e. The number of anilines is 1. The number of halogens is 1. The number of amides is 1. The molecule has 1 aliphatic heterocycles. The first-order valence-corrected chi connectivity index (χ1v) is 11.1. The van der Waals surface area contributed by atoms with Crippen molar-refractivity contribution in [2.24, 2.45) is 0 Å². The molecule has 1 aromatic heterocycles. The molecular formula is C21H21FN4O4S. The molecule has 1 N–H and O–H groups in total. The number of aromatic nitrogens is 2. The molecule has 1 amide bonds. The summed E-state index contributed by atoms with van der Waals surface area (Å²) in [7, 11) is -3.69. The third-order valence-electron chi connectivity index (χ3n) is 4.96. The number of aryl methyl sites for hydroxylation is 1. The highest BCUT2D eigenvalue weighted by Crippen LogP contribution is 2.24. The van der Waals surface area contributed by atoms with E-state index in [9.17, 15) is 17.6 Å². The van der Waals surface area contributed by atoms with E-state index in [0.29, 0.717) is 30.2 Å². The number of carbonyl (C=O) groups is 1. The molecule has 0 unspecified atom stereocenters. The molecule has 2 heterocycles. The van der Waals surface area contributed by atoms with Gasteiger partial charge in [-0.05, 0) is 48.9 Å². The predicted octanol–water partition coefficient (Wildman–Crippen LogP) is 2.59. The summed E-state index contributed by atoms with van der Waals surface area (Å²) in [5.41, 5.74) is 1.68. The maximum atomic E-state index is 13.4. The maximum Gasteiger partial charge on any atom is 0.276 e. The molecule has 1 aliphatic rings. The van der Waals surface area contributed by atoms with E-state index in [-0.39, 0.29) is 23.7 Å². The number of ether oxygens (including phenoxy) is 1. The Morgan fingerprint density at radius 2 is 1.90 bits per heavy atom. The van der Waals surface area contributed by atoms with Gasteiger partial charge in [-0.2, -0.15) is 9.40 Å². The van der Waals surface area contributed by atoms with Gasteiger partial charge in [-0.25, -0.2) is 17.5 Å². The molecule has 162 valence electrons. The Morgan fingerprint density at radius 3 is 2.65 bits per heavy atom. The standard InChI is InChI=1S/C21H21FN4O4S/c1-15-5-6-18(31(28,29)25-9-11-30-12-10-25)14-20(15)23-21(27)19-7-8-26(24-19)17-4-2-3-16(22)13-17/h2-8,13-14H,9-12H2,1H3,(H,23,27). The highest BCUT2D eigenvalue weighted by Gasteiger charge is 2.27. The zero-order valence-corrected chi connectivity index (χ0v) is 17.6. The Labute approximate surface area is 179 Å². The van der Waals surface area contributed by atoms with E-state index in [4.69, 9.17) is 4.74 Å². The summed E-state index contributed by atoms with van der Waals surface area (Å²) in [4.78, 5) is 12.8. The second-order valence-corrected chi connectivity index (χ2v) is 9.01. The topological polar surface area (TPSA) is 93.5 Å². The van der Waals surface area contributed by atoms with Crippen LogP contribution in [0.15, 0.2) is 59.6 Å². The molecule has 10 heteroatoms. The van der Waals surface area contributed by atoms with Crippen LogP contribution in [0.25, 0.3) is 5.69 Å². The molecule has 2 aromatic carbocycles. The van der Waals surface area contributed by atoms with Gasteiger partial charge in [-0.1, -0.05) is 12.1 Å². The molecule has 1 saturated heterocycles. The van der Waals surface area contributed by atoms with Crippen molar-refractivity contribution < 1.29 is 22.3 Å². The van der Waals surface area contributed by atoms with Crippen molar-refractivity contribution >= 4 is 21.6 Å². The first-order chi connectivity index (χ1) is 14.8. The minimum atomic E-state index is -3.69. The minimum Gasteiger partial charge on any atom is -0.379 e. The first-order valence-electron chi connectivity index (χ1n) is 9.66. The lowest BCUT2D eigenvalue weighted by Crippen LogP contribution is -2.40. The fraction of sp³-hybridized carbons (Fsp3) is 0.238. The quantitative estimate of drug-likeness (QED) is 0.653. The van der Waals surface area contributed by atoms with Gasteiger partial charge in [0, 0.05) is 25.0 Å². The summed E-state index contributed by atoms with van der Waals surface area (Å²) in [6, 6.07) is 12.0. The lowest BCUT2D eigenvalue weighted by Gasteiger charge is -2.26. The lowest BCUT2D eigenvalue weighted by molar-refractivity contribution is 0.0730. The van der Waals surface area contributed by atoms with Gasteiger partial charge in [0.25, 0.3) is 5.91 Å². The molecule has 0 atom stereocenters. The number of carbonyl (C=O) groups excluding carboxylic acids is 1. The zero-order valence-electron chi connectivity index (χ0n) is 16.8. The van der Waals surface area contributed by atoms with Crippen molar-refractivity contribution in [3.05, 3.63) is 71.8 Å². The Balaban J connectivity index is 1.55. The molecule has 4 rings (SSSR count). The summed E-state index contributed by atoms with van der Waals surface area (Å²) in [5, 5.41) is 6.91. The van der Waals surface area contributed by atoms with E-state index in [1.54, 1.807) is 31.3 Å². The van der Waals surface area contributed by atoms with E-state index in [0.717, 1.165) is 0 Å². The molecule has 0 saturated carbocycles. The summed E-state index contributed by atoms with van der Waals surface area (Å²) in [5.74, 6) is -0.910. The number of benzene rings is 2. The third-order valence-corrected chi connectivity index (χ3v) is 6.85. The molecule has 0 bridgehead atoms. The van der Waals surface area contributed by atoms with Crippen LogP contribution in [0, 0.1) is 12.7 Å². The monoisotopic (exact) mass is 444 g/mol. The largest absolute Gasteiger partial charge is 0.379 e. The van der Waals surface area contributed by atoms with Crippen molar-refractivity contribution in [3.8, 4) is 5.69 Å². The maximum absolute atomic E-state index is 13.4. The van der Waals surface area contributed by atoms with Crippen molar-refractivity contribution in [3.63, 3.8) is 0 Å². The van der Waals surface area contributed by atoms with Gasteiger partial charge in [0.2, 0.25) is 10.0 Å². The molecular weight excluding hydrogens is 423 g/mol. The van der Waals surface area contributed by atoms with Crippen LogP contribution in [0.5, 0.6) is 0 Å². The number of rotatable bonds is 5. The SMILES string of the molecule is Cc1ccc(S(=O)(=O)N2CCOCC2)cc1NC(=O)c1ccn(-c2cccc(F)c2)n1. The normalized spacial score (nSPS) is 15.0. The average Bonchev–Trinajstić information content (AvgIpc) is 3.26. The predicted molar refractivity (Wildman–Crippen MR) is 112 cm³/mol. The van der Waals surface area contributed by atoms with E-state index in [2.05, 4.69) is 10.4 Å². The van der Waals surface area contributed by atoms with Gasteiger partial charge in [0.05, 0.1) is 23.8 Å². The second kappa shape index (κ2) is 8.58. The number of hydrogen-bond donors (Lipinski definition) is 1. The van der Waals surface area contributed by atoms with Gasteiger partial charge in [0.15, 0.2) is 5.69 Å². The Morgan fingerprint density at radius 1 is 1.13 bits per heavy atom. The summed E-state index contributed by atoms with van der Waals surface area (Å²) in [6.07, 6.45) is 1.55.